The number of para-hydroxylation sites is 1. The lowest BCUT2D eigenvalue weighted by atomic mass is 9.88. The van der Waals surface area contributed by atoms with Gasteiger partial charge in [0.15, 0.2) is 0 Å². The molecule has 2 aliphatic heterocycles. The zero-order valence-electron chi connectivity index (χ0n) is 28.0. The number of piperidine rings is 1. The van der Waals surface area contributed by atoms with Crippen molar-refractivity contribution in [2.24, 2.45) is 11.8 Å². The summed E-state index contributed by atoms with van der Waals surface area (Å²) >= 11 is 13.3. The predicted octanol–water partition coefficient (Wildman–Crippen LogP) is 6.08. The molecular weight excluding hydrogens is 667 g/mol. The van der Waals surface area contributed by atoms with Crippen molar-refractivity contribution in [1.29, 1.82) is 0 Å². The van der Waals surface area contributed by atoms with Gasteiger partial charge in [0, 0.05) is 48.9 Å². The molecule has 1 aliphatic carbocycles. The third-order valence-corrected chi connectivity index (χ3v) is 11.1. The summed E-state index contributed by atoms with van der Waals surface area (Å²) < 4.78 is 11.9. The van der Waals surface area contributed by atoms with Gasteiger partial charge >= 0.3 is 0 Å². The van der Waals surface area contributed by atoms with Crippen LogP contribution in [0.3, 0.4) is 0 Å². The Hall–Kier alpha value is -3.44. The average Bonchev–Trinajstić information content (AvgIpc) is 3.74. The summed E-state index contributed by atoms with van der Waals surface area (Å²) in [5.41, 5.74) is 1.89. The molecule has 0 bridgehead atoms. The molecule has 3 amide bonds. The molecule has 0 radical (unpaired) electrons. The number of anilines is 1. The van der Waals surface area contributed by atoms with Crippen LogP contribution in [0.4, 0.5) is 5.69 Å². The fourth-order valence-electron chi connectivity index (χ4n) is 7.56. The molecule has 1 saturated carbocycles. The van der Waals surface area contributed by atoms with Crippen LogP contribution in [0.2, 0.25) is 10.0 Å². The molecule has 3 aromatic rings. The molecule has 0 unspecified atom stereocenters. The highest BCUT2D eigenvalue weighted by molar-refractivity contribution is 6.36. The Bertz CT molecular complexity index is 1680. The maximum Gasteiger partial charge on any atom is 0.259 e. The molecule has 3 heterocycles. The minimum absolute atomic E-state index is 0.0321. The number of benzene rings is 2. The Morgan fingerprint density at radius 1 is 1.02 bits per heavy atom. The van der Waals surface area contributed by atoms with Gasteiger partial charge in [-0.15, -0.1) is 0 Å². The number of fused-ring (bicyclic) bond motifs is 1. The number of hydrogen-bond donors (Lipinski definition) is 1. The van der Waals surface area contributed by atoms with Crippen LogP contribution in [0.5, 0.6) is 0 Å². The number of likely N-dealkylation sites (tertiary alicyclic amines) is 2. The van der Waals surface area contributed by atoms with E-state index in [1.165, 1.54) is 6.26 Å². The molecule has 3 fully saturated rings. The first-order valence-corrected chi connectivity index (χ1v) is 17.9. The van der Waals surface area contributed by atoms with Gasteiger partial charge in [0.05, 0.1) is 41.4 Å². The first-order chi connectivity index (χ1) is 23.6. The number of hydrogen-bond acceptors (Lipinski definition) is 7. The highest BCUT2D eigenvalue weighted by atomic mass is 35.5. The Morgan fingerprint density at radius 2 is 1.76 bits per heavy atom. The van der Waals surface area contributed by atoms with E-state index in [1.54, 1.807) is 37.2 Å². The lowest BCUT2D eigenvalue weighted by molar-refractivity contribution is -0.134. The summed E-state index contributed by atoms with van der Waals surface area (Å²) in [6.45, 7) is 2.61. The molecule has 3 aliphatic rings. The number of carbonyl (C=O) groups is 4. The summed E-state index contributed by atoms with van der Waals surface area (Å²) in [5, 5.41) is 4.11. The first kappa shape index (κ1) is 35.4. The summed E-state index contributed by atoms with van der Waals surface area (Å²) in [5.74, 6) is -0.136. The van der Waals surface area contributed by atoms with E-state index in [0.29, 0.717) is 46.0 Å². The number of nitrogens with zero attached hydrogens (tertiary/aromatic N) is 3. The summed E-state index contributed by atoms with van der Waals surface area (Å²) in [6, 6.07) is 10.5. The number of furan rings is 1. The molecular formula is C37H44Cl2N4O6. The molecule has 0 spiro atoms. The number of rotatable bonds is 10. The topological polar surface area (TPSA) is 112 Å². The number of carbonyl (C=O) groups excluding carboxylic acids is 4. The van der Waals surface area contributed by atoms with Gasteiger partial charge in [0.2, 0.25) is 11.8 Å². The minimum Gasteiger partial charge on any atom is -0.463 e. The molecule has 10 nitrogen and oxygen atoms in total. The largest absolute Gasteiger partial charge is 0.463 e. The van der Waals surface area contributed by atoms with Crippen molar-refractivity contribution in [3.8, 4) is 0 Å². The van der Waals surface area contributed by atoms with E-state index in [4.69, 9.17) is 32.4 Å². The van der Waals surface area contributed by atoms with E-state index in [2.05, 4.69) is 10.2 Å². The number of amides is 3. The van der Waals surface area contributed by atoms with Crippen LogP contribution in [0.15, 0.2) is 47.1 Å². The van der Waals surface area contributed by atoms with Crippen LogP contribution >= 0.6 is 23.2 Å². The van der Waals surface area contributed by atoms with E-state index in [1.807, 2.05) is 23.1 Å². The van der Waals surface area contributed by atoms with Crippen molar-refractivity contribution in [1.82, 2.24) is 14.7 Å². The van der Waals surface area contributed by atoms with E-state index >= 15 is 0 Å². The van der Waals surface area contributed by atoms with Gasteiger partial charge in [-0.05, 0) is 81.8 Å². The van der Waals surface area contributed by atoms with Gasteiger partial charge in [-0.3, -0.25) is 19.3 Å². The molecule has 12 heteroatoms. The third kappa shape index (κ3) is 8.14. The van der Waals surface area contributed by atoms with E-state index in [0.717, 1.165) is 64.3 Å². The number of aldehydes is 1. The van der Waals surface area contributed by atoms with E-state index in [-0.39, 0.29) is 59.2 Å². The fourth-order valence-corrected chi connectivity index (χ4v) is 8.03. The molecule has 49 heavy (non-hydrogen) atoms. The standard InChI is InChI=1S/C37H44Cl2N4O6/c1-41(2)37(47)24-11-13-42(14-12-24)26-17-27(21-48-28-9-7-23(20-44)8-10-28)43(19-26)35(45)16-25-15-32(39)33(18-31(25)38)40-36(46)30-22-49-34-6-4-3-5-29(30)34/h3-6,15,18,20,22-24,26-28H,7-14,16-17,19,21H2,1-2H3,(H,40,46)/t23-,26-,27-,28-/m0/s1. The molecule has 2 saturated heterocycles. The summed E-state index contributed by atoms with van der Waals surface area (Å²) in [6.07, 6.45) is 8.32. The van der Waals surface area contributed by atoms with Crippen LogP contribution in [-0.2, 0) is 25.5 Å². The molecule has 262 valence electrons. The third-order valence-electron chi connectivity index (χ3n) is 10.4. The number of halogens is 2. The van der Waals surface area contributed by atoms with Gasteiger partial charge in [0.25, 0.3) is 5.91 Å². The van der Waals surface area contributed by atoms with Crippen LogP contribution in [-0.4, -0.2) is 97.2 Å². The molecule has 1 aromatic heterocycles. The Labute approximate surface area is 297 Å². The predicted molar refractivity (Wildman–Crippen MR) is 189 cm³/mol. The zero-order chi connectivity index (χ0) is 34.7. The van der Waals surface area contributed by atoms with Gasteiger partial charge in [0.1, 0.15) is 18.1 Å². The maximum absolute atomic E-state index is 14.0. The van der Waals surface area contributed by atoms with E-state index < -0.39 is 0 Å². The van der Waals surface area contributed by atoms with Crippen LogP contribution in [0.1, 0.15) is 60.9 Å². The minimum atomic E-state index is -0.382. The zero-order valence-corrected chi connectivity index (χ0v) is 29.5. The Morgan fingerprint density at radius 3 is 2.47 bits per heavy atom. The van der Waals surface area contributed by atoms with Crippen molar-refractivity contribution in [3.63, 3.8) is 0 Å². The van der Waals surface area contributed by atoms with Gasteiger partial charge in [-0.2, -0.15) is 0 Å². The fraction of sp³-hybridized carbons (Fsp3) is 0.514. The lowest BCUT2D eigenvalue weighted by Crippen LogP contribution is -2.46. The average molecular weight is 712 g/mol. The van der Waals surface area contributed by atoms with Crippen molar-refractivity contribution in [2.75, 3.05) is 45.7 Å². The van der Waals surface area contributed by atoms with Crippen LogP contribution < -0.4 is 5.32 Å². The highest BCUT2D eigenvalue weighted by Gasteiger charge is 2.40. The van der Waals surface area contributed by atoms with Crippen LogP contribution in [0, 0.1) is 11.8 Å². The maximum atomic E-state index is 14.0. The second kappa shape index (κ2) is 15.6. The van der Waals surface area contributed by atoms with Crippen molar-refractivity contribution < 1.29 is 28.3 Å². The number of ether oxygens (including phenoxy) is 1. The molecule has 6 rings (SSSR count). The second-order valence-corrected chi connectivity index (χ2v) is 14.7. The van der Waals surface area contributed by atoms with Crippen molar-refractivity contribution in [3.05, 3.63) is 63.8 Å². The van der Waals surface area contributed by atoms with Crippen molar-refractivity contribution >= 4 is 63.9 Å². The van der Waals surface area contributed by atoms with Gasteiger partial charge < -0.3 is 29.1 Å². The first-order valence-electron chi connectivity index (χ1n) is 17.2. The summed E-state index contributed by atoms with van der Waals surface area (Å²) in [7, 11) is 3.61. The molecule has 1 N–H and O–H groups in total. The monoisotopic (exact) mass is 710 g/mol. The normalized spacial score (nSPS) is 23.5. The molecule has 2 atom stereocenters. The number of nitrogens with one attached hydrogen (secondary N) is 1. The van der Waals surface area contributed by atoms with Gasteiger partial charge in [-0.1, -0.05) is 41.4 Å². The quantitative estimate of drug-likeness (QED) is 0.254. The van der Waals surface area contributed by atoms with Crippen LogP contribution in [0.25, 0.3) is 11.0 Å². The smallest absolute Gasteiger partial charge is 0.259 e. The molecule has 2 aromatic carbocycles. The summed E-state index contributed by atoms with van der Waals surface area (Å²) in [4.78, 5) is 56.9. The SMILES string of the molecule is CN(C)C(=O)C1CCN([C@H]2C[C@@H](CO[C@H]3CC[C@H](C=O)CC3)N(C(=O)Cc3cc(Cl)c(NC(=O)c4coc5ccccc45)cc3Cl)C2)CC1. The highest BCUT2D eigenvalue weighted by Crippen LogP contribution is 2.34. The second-order valence-electron chi connectivity index (χ2n) is 13.8. The Balaban J connectivity index is 1.12. The van der Waals surface area contributed by atoms with E-state index in [9.17, 15) is 19.2 Å². The van der Waals surface area contributed by atoms with Crippen molar-refractivity contribution in [2.45, 2.75) is 69.6 Å². The Kier molecular flexibility index (Phi) is 11.3. The lowest BCUT2D eigenvalue weighted by Gasteiger charge is -2.36. The van der Waals surface area contributed by atoms with Gasteiger partial charge in [-0.25, -0.2) is 0 Å².